The van der Waals surface area contributed by atoms with Gasteiger partial charge in [0.1, 0.15) is 15.6 Å². The van der Waals surface area contributed by atoms with Crippen LogP contribution in [-0.2, 0) is 9.84 Å². The fraction of sp³-hybridized carbons (Fsp3) is 0.462. The normalized spacial score (nSPS) is 11.3. The van der Waals surface area contributed by atoms with Crippen molar-refractivity contribution in [1.29, 1.82) is 0 Å². The van der Waals surface area contributed by atoms with Crippen molar-refractivity contribution >= 4 is 15.8 Å². The molecule has 106 valence electrons. The van der Waals surface area contributed by atoms with Crippen LogP contribution in [0.1, 0.15) is 27.9 Å². The molecular formula is C13H18O5S. The molecule has 0 atom stereocenters. The largest absolute Gasteiger partial charge is 0.493 e. The van der Waals surface area contributed by atoms with Gasteiger partial charge < -0.3 is 9.84 Å². The van der Waals surface area contributed by atoms with Gasteiger partial charge in [-0.2, -0.15) is 0 Å². The topological polar surface area (TPSA) is 80.7 Å². The maximum atomic E-state index is 11.0. The molecule has 0 bridgehead atoms. The first-order valence-corrected chi connectivity index (χ1v) is 7.92. The van der Waals surface area contributed by atoms with E-state index in [9.17, 15) is 13.2 Å². The van der Waals surface area contributed by atoms with Crippen molar-refractivity contribution in [2.24, 2.45) is 0 Å². The Morgan fingerprint density at radius 3 is 2.21 bits per heavy atom. The lowest BCUT2D eigenvalue weighted by molar-refractivity contribution is 0.0696. The van der Waals surface area contributed by atoms with E-state index in [1.54, 1.807) is 26.0 Å². The molecule has 0 spiro atoms. The molecule has 0 saturated carbocycles. The second-order valence-electron chi connectivity index (χ2n) is 4.58. The molecule has 0 aliphatic rings. The molecule has 0 fully saturated rings. The third kappa shape index (κ3) is 4.90. The first-order valence-electron chi connectivity index (χ1n) is 5.86. The van der Waals surface area contributed by atoms with Crippen molar-refractivity contribution in [3.63, 3.8) is 0 Å². The van der Waals surface area contributed by atoms with Gasteiger partial charge in [-0.1, -0.05) is 0 Å². The highest BCUT2D eigenvalue weighted by atomic mass is 32.2. The Kier molecular flexibility index (Phi) is 4.94. The smallest absolute Gasteiger partial charge is 0.335 e. The summed E-state index contributed by atoms with van der Waals surface area (Å²) in [7, 11) is -2.97. The number of carbonyl (C=O) groups is 1. The molecule has 0 aliphatic heterocycles. The van der Waals surface area contributed by atoms with Gasteiger partial charge in [0.15, 0.2) is 0 Å². The fourth-order valence-electron chi connectivity index (χ4n) is 1.80. The number of hydrogen-bond acceptors (Lipinski definition) is 4. The molecule has 0 aliphatic carbocycles. The van der Waals surface area contributed by atoms with Crippen molar-refractivity contribution in [1.82, 2.24) is 0 Å². The minimum atomic E-state index is -2.97. The Hall–Kier alpha value is -1.56. The Labute approximate surface area is 113 Å². The van der Waals surface area contributed by atoms with Gasteiger partial charge in [-0.25, -0.2) is 13.2 Å². The zero-order chi connectivity index (χ0) is 14.6. The summed E-state index contributed by atoms with van der Waals surface area (Å²) in [4.78, 5) is 10.9. The van der Waals surface area contributed by atoms with E-state index in [2.05, 4.69) is 0 Å². The average Bonchev–Trinajstić information content (AvgIpc) is 2.25. The molecule has 1 rings (SSSR count). The maximum absolute atomic E-state index is 11.0. The molecule has 0 amide bonds. The van der Waals surface area contributed by atoms with Gasteiger partial charge in [0.25, 0.3) is 0 Å². The molecule has 1 aromatic carbocycles. The molecule has 0 radical (unpaired) electrons. The first-order chi connectivity index (χ1) is 8.70. The van der Waals surface area contributed by atoms with E-state index in [0.717, 1.165) is 11.1 Å². The molecule has 0 saturated heterocycles. The van der Waals surface area contributed by atoms with Crippen LogP contribution in [-0.4, -0.2) is 38.1 Å². The number of benzene rings is 1. The Morgan fingerprint density at radius 1 is 1.26 bits per heavy atom. The number of aryl methyl sites for hydroxylation is 2. The lowest BCUT2D eigenvalue weighted by Crippen LogP contribution is -2.09. The van der Waals surface area contributed by atoms with Gasteiger partial charge in [-0.15, -0.1) is 0 Å². The second kappa shape index (κ2) is 6.06. The minimum absolute atomic E-state index is 0.0817. The Morgan fingerprint density at radius 2 is 1.79 bits per heavy atom. The Balaban J connectivity index is 2.72. The lowest BCUT2D eigenvalue weighted by atomic mass is 10.1. The molecule has 6 heteroatoms. The SMILES string of the molecule is Cc1cc(C(=O)O)cc(C)c1OCCCS(C)(=O)=O. The zero-order valence-corrected chi connectivity index (χ0v) is 12.1. The summed E-state index contributed by atoms with van der Waals surface area (Å²) in [5, 5.41) is 8.92. The second-order valence-corrected chi connectivity index (χ2v) is 6.84. The standard InChI is InChI=1S/C13H18O5S/c1-9-7-11(13(14)15)8-10(2)12(9)18-5-4-6-19(3,16)17/h7-8H,4-6H2,1-3H3,(H,14,15). The van der Waals surface area contributed by atoms with E-state index < -0.39 is 15.8 Å². The molecule has 1 N–H and O–H groups in total. The number of hydrogen-bond donors (Lipinski definition) is 1. The van der Waals surface area contributed by atoms with Gasteiger partial charge in [0.05, 0.1) is 17.9 Å². The van der Waals surface area contributed by atoms with E-state index in [1.165, 1.54) is 6.26 Å². The monoisotopic (exact) mass is 286 g/mol. The number of carboxylic acids is 1. The van der Waals surface area contributed by atoms with E-state index in [0.29, 0.717) is 18.8 Å². The van der Waals surface area contributed by atoms with E-state index in [4.69, 9.17) is 9.84 Å². The van der Waals surface area contributed by atoms with Gasteiger partial charge in [-0.05, 0) is 43.5 Å². The van der Waals surface area contributed by atoms with Crippen LogP contribution in [0.3, 0.4) is 0 Å². The maximum Gasteiger partial charge on any atom is 0.335 e. The predicted molar refractivity (Wildman–Crippen MR) is 72.7 cm³/mol. The van der Waals surface area contributed by atoms with Gasteiger partial charge >= 0.3 is 5.97 Å². The summed E-state index contributed by atoms with van der Waals surface area (Å²) in [6.07, 6.45) is 1.60. The van der Waals surface area contributed by atoms with Gasteiger partial charge in [-0.3, -0.25) is 0 Å². The molecule has 5 nitrogen and oxygen atoms in total. The molecule has 0 unspecified atom stereocenters. The van der Waals surface area contributed by atoms with Gasteiger partial charge in [0, 0.05) is 6.26 Å². The number of aromatic carboxylic acids is 1. The lowest BCUT2D eigenvalue weighted by Gasteiger charge is -2.12. The number of carboxylic acid groups (broad SMARTS) is 1. The number of rotatable bonds is 6. The third-order valence-electron chi connectivity index (χ3n) is 2.61. The van der Waals surface area contributed by atoms with Crippen LogP contribution in [0.4, 0.5) is 0 Å². The van der Waals surface area contributed by atoms with Crippen molar-refractivity contribution in [3.05, 3.63) is 28.8 Å². The van der Waals surface area contributed by atoms with E-state index >= 15 is 0 Å². The van der Waals surface area contributed by atoms with E-state index in [-0.39, 0.29) is 11.3 Å². The van der Waals surface area contributed by atoms with Crippen molar-refractivity contribution in [2.75, 3.05) is 18.6 Å². The number of sulfone groups is 1. The van der Waals surface area contributed by atoms with Crippen molar-refractivity contribution < 1.29 is 23.1 Å². The van der Waals surface area contributed by atoms with Gasteiger partial charge in [0.2, 0.25) is 0 Å². The highest BCUT2D eigenvalue weighted by Crippen LogP contribution is 2.25. The highest BCUT2D eigenvalue weighted by Gasteiger charge is 2.11. The van der Waals surface area contributed by atoms with Crippen molar-refractivity contribution in [3.8, 4) is 5.75 Å². The predicted octanol–water partition coefficient (Wildman–Crippen LogP) is 1.82. The minimum Gasteiger partial charge on any atom is -0.493 e. The number of ether oxygens (including phenoxy) is 1. The first kappa shape index (κ1) is 15.5. The highest BCUT2D eigenvalue weighted by molar-refractivity contribution is 7.90. The van der Waals surface area contributed by atoms with Crippen LogP contribution >= 0.6 is 0 Å². The summed E-state index contributed by atoms with van der Waals surface area (Å²) in [6.45, 7) is 3.83. The quantitative estimate of drug-likeness (QED) is 0.807. The third-order valence-corrected chi connectivity index (χ3v) is 3.64. The van der Waals surface area contributed by atoms with Crippen LogP contribution in [0.2, 0.25) is 0 Å². The summed E-state index contributed by atoms with van der Waals surface area (Å²) in [6, 6.07) is 3.09. The molecule has 0 heterocycles. The van der Waals surface area contributed by atoms with Crippen LogP contribution < -0.4 is 4.74 Å². The van der Waals surface area contributed by atoms with Crippen LogP contribution in [0.25, 0.3) is 0 Å². The molecule has 0 aromatic heterocycles. The molecular weight excluding hydrogens is 268 g/mol. The molecule has 19 heavy (non-hydrogen) atoms. The fourth-order valence-corrected chi connectivity index (χ4v) is 2.44. The average molecular weight is 286 g/mol. The summed E-state index contributed by atoms with van der Waals surface area (Å²) in [5.74, 6) is -0.272. The van der Waals surface area contributed by atoms with E-state index in [1.807, 2.05) is 0 Å². The summed E-state index contributed by atoms with van der Waals surface area (Å²) >= 11 is 0. The molecule has 1 aromatic rings. The summed E-state index contributed by atoms with van der Waals surface area (Å²) < 4.78 is 27.5. The van der Waals surface area contributed by atoms with Crippen molar-refractivity contribution in [2.45, 2.75) is 20.3 Å². The summed E-state index contributed by atoms with van der Waals surface area (Å²) in [5.41, 5.74) is 1.69. The van der Waals surface area contributed by atoms with Crippen LogP contribution in [0.15, 0.2) is 12.1 Å². The van der Waals surface area contributed by atoms with Crippen LogP contribution in [0, 0.1) is 13.8 Å². The Bertz CT molecular complexity index is 552. The zero-order valence-electron chi connectivity index (χ0n) is 11.3. The van der Waals surface area contributed by atoms with Crippen LogP contribution in [0.5, 0.6) is 5.75 Å².